The highest BCUT2D eigenvalue weighted by Gasteiger charge is 2.28. The predicted octanol–water partition coefficient (Wildman–Crippen LogP) is 4.39. The van der Waals surface area contributed by atoms with Crippen molar-refractivity contribution in [3.8, 4) is 5.75 Å². The number of methoxy groups -OCH3 is 4. The van der Waals surface area contributed by atoms with E-state index < -0.39 is 0 Å². The van der Waals surface area contributed by atoms with Gasteiger partial charge in [0.25, 0.3) is 0 Å². The number of benzene rings is 2. The van der Waals surface area contributed by atoms with Gasteiger partial charge in [-0.2, -0.15) is 5.11 Å². The molecule has 26 heavy (non-hydrogen) atoms. The first-order valence-electron chi connectivity index (χ1n) is 8.22. The van der Waals surface area contributed by atoms with Crippen LogP contribution >= 0.6 is 0 Å². The van der Waals surface area contributed by atoms with Crippen molar-refractivity contribution in [1.82, 2.24) is 0 Å². The van der Waals surface area contributed by atoms with E-state index in [1.165, 1.54) is 0 Å². The number of rotatable bonds is 6. The van der Waals surface area contributed by atoms with Crippen LogP contribution in [0.15, 0.2) is 70.2 Å². The third-order valence-electron chi connectivity index (χ3n) is 4.32. The van der Waals surface area contributed by atoms with E-state index in [2.05, 4.69) is 10.2 Å². The van der Waals surface area contributed by atoms with Gasteiger partial charge in [0, 0.05) is 31.1 Å². The Morgan fingerprint density at radius 3 is 2.23 bits per heavy atom. The first-order chi connectivity index (χ1) is 12.7. The average Bonchev–Trinajstić information content (AvgIpc) is 2.70. The zero-order valence-electron chi connectivity index (χ0n) is 15.3. The standard InChI is InChI=1S/C20H22N2O4/c1-23-17-10-9-16(14-7-5-6-8-15(14)17)22-21-13-11-18(24-2)20(26-4)19(12-13)25-3/h5-12,18,20H,1-4H3. The molecule has 0 saturated heterocycles. The molecule has 0 saturated carbocycles. The summed E-state index contributed by atoms with van der Waals surface area (Å²) >= 11 is 0. The van der Waals surface area contributed by atoms with Crippen molar-refractivity contribution in [2.24, 2.45) is 10.2 Å². The molecule has 0 fully saturated rings. The van der Waals surface area contributed by atoms with Crippen LogP contribution in [0.3, 0.4) is 0 Å². The van der Waals surface area contributed by atoms with Crippen molar-refractivity contribution < 1.29 is 18.9 Å². The summed E-state index contributed by atoms with van der Waals surface area (Å²) in [6.45, 7) is 0. The van der Waals surface area contributed by atoms with E-state index in [4.69, 9.17) is 18.9 Å². The molecule has 0 bridgehead atoms. The molecule has 0 amide bonds. The number of azo groups is 1. The fraction of sp³-hybridized carbons (Fsp3) is 0.300. The van der Waals surface area contributed by atoms with Gasteiger partial charge < -0.3 is 18.9 Å². The monoisotopic (exact) mass is 354 g/mol. The van der Waals surface area contributed by atoms with E-state index >= 15 is 0 Å². The van der Waals surface area contributed by atoms with Gasteiger partial charge in [0.1, 0.15) is 23.7 Å². The molecule has 2 unspecified atom stereocenters. The Kier molecular flexibility index (Phi) is 5.65. The van der Waals surface area contributed by atoms with Gasteiger partial charge in [-0.05, 0) is 18.2 Å². The Balaban J connectivity index is 1.96. The second-order valence-corrected chi connectivity index (χ2v) is 5.73. The van der Waals surface area contributed by atoms with Crippen LogP contribution in [0.25, 0.3) is 10.8 Å². The summed E-state index contributed by atoms with van der Waals surface area (Å²) in [5.41, 5.74) is 1.42. The minimum Gasteiger partial charge on any atom is -0.498 e. The zero-order chi connectivity index (χ0) is 18.5. The van der Waals surface area contributed by atoms with Gasteiger partial charge in [-0.1, -0.05) is 24.3 Å². The number of hydrogen-bond acceptors (Lipinski definition) is 6. The minimum absolute atomic E-state index is 0.290. The lowest BCUT2D eigenvalue weighted by Gasteiger charge is -2.27. The van der Waals surface area contributed by atoms with E-state index in [-0.39, 0.29) is 12.2 Å². The van der Waals surface area contributed by atoms with E-state index in [1.807, 2.05) is 42.5 Å². The lowest BCUT2D eigenvalue weighted by Crippen LogP contribution is -2.33. The summed E-state index contributed by atoms with van der Waals surface area (Å²) in [7, 11) is 6.50. The van der Waals surface area contributed by atoms with E-state index in [0.29, 0.717) is 11.5 Å². The summed E-state index contributed by atoms with van der Waals surface area (Å²) in [5, 5.41) is 10.8. The van der Waals surface area contributed by atoms with Crippen LogP contribution in [0.4, 0.5) is 5.69 Å². The maximum atomic E-state index is 5.47. The molecule has 0 aromatic heterocycles. The van der Waals surface area contributed by atoms with E-state index in [9.17, 15) is 0 Å². The SMILES string of the molecule is COC1=CC(N=Nc2ccc(OC)c3ccccc23)=CC(OC)C1OC. The number of nitrogens with zero attached hydrogens (tertiary/aromatic N) is 2. The summed E-state index contributed by atoms with van der Waals surface area (Å²) in [4.78, 5) is 0. The molecule has 2 aromatic carbocycles. The van der Waals surface area contributed by atoms with Gasteiger partial charge in [-0.15, -0.1) is 5.11 Å². The van der Waals surface area contributed by atoms with Gasteiger partial charge in [0.15, 0.2) is 0 Å². The molecule has 0 spiro atoms. The van der Waals surface area contributed by atoms with Gasteiger partial charge in [-0.25, -0.2) is 0 Å². The maximum absolute atomic E-state index is 5.47. The molecule has 0 aliphatic heterocycles. The van der Waals surface area contributed by atoms with Gasteiger partial charge in [0.2, 0.25) is 0 Å². The van der Waals surface area contributed by atoms with Crippen LogP contribution in [0.1, 0.15) is 0 Å². The molecule has 0 radical (unpaired) electrons. The van der Waals surface area contributed by atoms with Crippen molar-refractivity contribution in [3.63, 3.8) is 0 Å². The average molecular weight is 354 g/mol. The Bertz CT molecular complexity index is 873. The molecule has 3 rings (SSSR count). The third kappa shape index (κ3) is 3.47. The molecular formula is C20H22N2O4. The highest BCUT2D eigenvalue weighted by Crippen LogP contribution is 2.34. The van der Waals surface area contributed by atoms with Crippen LogP contribution in [-0.4, -0.2) is 40.6 Å². The molecule has 6 nitrogen and oxygen atoms in total. The van der Waals surface area contributed by atoms with Crippen molar-refractivity contribution in [2.75, 3.05) is 28.4 Å². The molecule has 0 N–H and O–H groups in total. The Morgan fingerprint density at radius 2 is 1.58 bits per heavy atom. The van der Waals surface area contributed by atoms with Crippen LogP contribution in [0.2, 0.25) is 0 Å². The predicted molar refractivity (Wildman–Crippen MR) is 99.8 cm³/mol. The quantitative estimate of drug-likeness (QED) is 0.722. The zero-order valence-corrected chi connectivity index (χ0v) is 15.3. The maximum Gasteiger partial charge on any atom is 0.144 e. The normalized spacial score (nSPS) is 20.2. The van der Waals surface area contributed by atoms with Crippen molar-refractivity contribution >= 4 is 16.5 Å². The second kappa shape index (κ2) is 8.12. The molecule has 2 aromatic rings. The van der Waals surface area contributed by atoms with E-state index in [0.717, 1.165) is 22.2 Å². The van der Waals surface area contributed by atoms with Gasteiger partial charge in [-0.3, -0.25) is 0 Å². The van der Waals surface area contributed by atoms with Crippen molar-refractivity contribution in [2.45, 2.75) is 12.2 Å². The topological polar surface area (TPSA) is 61.6 Å². The lowest BCUT2D eigenvalue weighted by molar-refractivity contribution is -0.0190. The molecule has 2 atom stereocenters. The second-order valence-electron chi connectivity index (χ2n) is 5.73. The number of hydrogen-bond donors (Lipinski definition) is 0. The molecular weight excluding hydrogens is 332 g/mol. The van der Waals surface area contributed by atoms with E-state index in [1.54, 1.807) is 34.5 Å². The van der Waals surface area contributed by atoms with Crippen LogP contribution < -0.4 is 4.74 Å². The highest BCUT2D eigenvalue weighted by molar-refractivity contribution is 5.96. The highest BCUT2D eigenvalue weighted by atomic mass is 16.6. The summed E-state index contributed by atoms with van der Waals surface area (Å²) < 4.78 is 21.7. The number of allylic oxidation sites excluding steroid dienone is 1. The molecule has 136 valence electrons. The van der Waals surface area contributed by atoms with Crippen molar-refractivity contribution in [1.29, 1.82) is 0 Å². The summed E-state index contributed by atoms with van der Waals surface area (Å²) in [6.07, 6.45) is 3.08. The molecule has 1 aliphatic rings. The molecule has 6 heteroatoms. The number of ether oxygens (including phenoxy) is 4. The lowest BCUT2D eigenvalue weighted by atomic mass is 10.0. The Morgan fingerprint density at radius 1 is 0.808 bits per heavy atom. The smallest absolute Gasteiger partial charge is 0.144 e. The Hall–Kier alpha value is -2.70. The third-order valence-corrected chi connectivity index (χ3v) is 4.32. The van der Waals surface area contributed by atoms with Crippen LogP contribution in [0, 0.1) is 0 Å². The van der Waals surface area contributed by atoms with Crippen molar-refractivity contribution in [3.05, 3.63) is 60.0 Å². The first kappa shape index (κ1) is 18.1. The molecule has 0 heterocycles. The largest absolute Gasteiger partial charge is 0.498 e. The fourth-order valence-electron chi connectivity index (χ4n) is 3.01. The van der Waals surface area contributed by atoms with Crippen LogP contribution in [0.5, 0.6) is 5.75 Å². The first-order valence-corrected chi connectivity index (χ1v) is 8.22. The van der Waals surface area contributed by atoms with Crippen LogP contribution in [-0.2, 0) is 14.2 Å². The van der Waals surface area contributed by atoms with Gasteiger partial charge >= 0.3 is 0 Å². The summed E-state index contributed by atoms with van der Waals surface area (Å²) in [5.74, 6) is 1.45. The minimum atomic E-state index is -0.300. The number of fused-ring (bicyclic) bond motifs is 1. The van der Waals surface area contributed by atoms with Gasteiger partial charge in [0.05, 0.1) is 25.6 Å². The fourth-order valence-corrected chi connectivity index (χ4v) is 3.01. The molecule has 1 aliphatic carbocycles. The summed E-state index contributed by atoms with van der Waals surface area (Å²) in [6, 6.07) is 11.7. The Labute approximate surface area is 152 Å².